The first-order valence-corrected chi connectivity index (χ1v) is 10.7. The molecule has 1 N–H and O–H groups in total. The van der Waals surface area contributed by atoms with Crippen LogP contribution >= 0.6 is 0 Å². The van der Waals surface area contributed by atoms with E-state index < -0.39 is 0 Å². The van der Waals surface area contributed by atoms with E-state index in [1.165, 1.54) is 4.57 Å². The van der Waals surface area contributed by atoms with Gasteiger partial charge in [-0.1, -0.05) is 42.5 Å². The van der Waals surface area contributed by atoms with Crippen LogP contribution in [0.3, 0.4) is 0 Å². The van der Waals surface area contributed by atoms with Crippen LogP contribution in [0.15, 0.2) is 59.4 Å². The monoisotopic (exact) mass is 420 g/mol. The van der Waals surface area contributed by atoms with E-state index in [0.717, 1.165) is 38.4 Å². The summed E-state index contributed by atoms with van der Waals surface area (Å²) in [7, 11) is 1.71. The summed E-state index contributed by atoms with van der Waals surface area (Å²) in [6.45, 7) is 3.91. The lowest BCUT2D eigenvalue weighted by atomic mass is 10.1. The van der Waals surface area contributed by atoms with Gasteiger partial charge in [-0.05, 0) is 17.7 Å². The second kappa shape index (κ2) is 9.85. The quantitative estimate of drug-likeness (QED) is 0.633. The van der Waals surface area contributed by atoms with Crippen molar-refractivity contribution >= 4 is 16.8 Å². The van der Waals surface area contributed by atoms with Gasteiger partial charge in [-0.2, -0.15) is 0 Å². The zero-order chi connectivity index (χ0) is 21.6. The van der Waals surface area contributed by atoms with Gasteiger partial charge in [0.05, 0.1) is 30.2 Å². The van der Waals surface area contributed by atoms with Crippen molar-refractivity contribution in [1.29, 1.82) is 0 Å². The summed E-state index contributed by atoms with van der Waals surface area (Å²) in [6.07, 6.45) is 0.673. The standard InChI is InChI=1S/C24H28N4O3/c1-27-22(25-20-10-6-5-9-19(20)24(27)30)11-12-23(29)26-21(18-7-3-2-4-8-18)17-28-13-15-31-16-14-28/h2-10,21H,11-17H2,1H3,(H,26,29)/t21-/m1/s1. The second-order valence-electron chi connectivity index (χ2n) is 7.85. The third kappa shape index (κ3) is 5.18. The minimum absolute atomic E-state index is 0.0514. The molecule has 1 aliphatic heterocycles. The van der Waals surface area contributed by atoms with Gasteiger partial charge in [0.25, 0.3) is 5.56 Å². The minimum atomic E-state index is -0.0971. The van der Waals surface area contributed by atoms with E-state index in [9.17, 15) is 9.59 Å². The van der Waals surface area contributed by atoms with Gasteiger partial charge >= 0.3 is 0 Å². The SMILES string of the molecule is Cn1c(CCC(=O)N[C@H](CN2CCOCC2)c2ccccc2)nc2ccccc2c1=O. The number of ether oxygens (including phenoxy) is 1. The van der Waals surface area contributed by atoms with Crippen LogP contribution < -0.4 is 10.9 Å². The second-order valence-corrected chi connectivity index (χ2v) is 7.85. The Morgan fingerprint density at radius 3 is 2.58 bits per heavy atom. The molecule has 1 atom stereocenters. The number of hydrogen-bond donors (Lipinski definition) is 1. The number of aromatic nitrogens is 2. The number of nitrogens with one attached hydrogen (secondary N) is 1. The fourth-order valence-corrected chi connectivity index (χ4v) is 3.94. The average molecular weight is 421 g/mol. The van der Waals surface area contributed by atoms with Gasteiger partial charge in [0.1, 0.15) is 5.82 Å². The largest absolute Gasteiger partial charge is 0.379 e. The summed E-state index contributed by atoms with van der Waals surface area (Å²) in [5.41, 5.74) is 1.66. The first-order valence-electron chi connectivity index (χ1n) is 10.7. The number of carbonyl (C=O) groups excluding carboxylic acids is 1. The summed E-state index contributed by atoms with van der Waals surface area (Å²) in [5.74, 6) is 0.563. The number of hydrogen-bond acceptors (Lipinski definition) is 5. The highest BCUT2D eigenvalue weighted by Crippen LogP contribution is 2.16. The Kier molecular flexibility index (Phi) is 6.74. The number of fused-ring (bicyclic) bond motifs is 1. The molecule has 0 saturated carbocycles. The molecule has 0 bridgehead atoms. The number of amides is 1. The van der Waals surface area contributed by atoms with E-state index in [1.54, 1.807) is 13.1 Å². The van der Waals surface area contributed by atoms with Crippen molar-refractivity contribution in [3.8, 4) is 0 Å². The van der Waals surface area contributed by atoms with Gasteiger partial charge in [0.15, 0.2) is 0 Å². The molecule has 3 aromatic rings. The van der Waals surface area contributed by atoms with Gasteiger partial charge in [-0.15, -0.1) is 0 Å². The van der Waals surface area contributed by atoms with Crippen molar-refractivity contribution < 1.29 is 9.53 Å². The number of nitrogens with zero attached hydrogens (tertiary/aromatic N) is 3. The molecule has 1 aromatic heterocycles. The molecule has 31 heavy (non-hydrogen) atoms. The molecule has 1 fully saturated rings. The Balaban J connectivity index is 1.45. The molecule has 2 heterocycles. The van der Waals surface area contributed by atoms with Crippen molar-refractivity contribution in [3.63, 3.8) is 0 Å². The van der Waals surface area contributed by atoms with Crippen LogP contribution in [-0.2, 0) is 23.0 Å². The third-order valence-electron chi connectivity index (χ3n) is 5.73. The van der Waals surface area contributed by atoms with Crippen molar-refractivity contribution in [1.82, 2.24) is 19.8 Å². The van der Waals surface area contributed by atoms with E-state index in [4.69, 9.17) is 4.74 Å². The Morgan fingerprint density at radius 1 is 1.10 bits per heavy atom. The molecule has 162 valence electrons. The normalized spacial score (nSPS) is 15.6. The first kappa shape index (κ1) is 21.2. The van der Waals surface area contributed by atoms with E-state index in [-0.39, 0.29) is 23.9 Å². The predicted octanol–water partition coefficient (Wildman–Crippen LogP) is 2.06. The van der Waals surface area contributed by atoms with Gasteiger partial charge in [0.2, 0.25) is 5.91 Å². The summed E-state index contributed by atoms with van der Waals surface area (Å²) in [5, 5.41) is 3.78. The minimum Gasteiger partial charge on any atom is -0.379 e. The highest BCUT2D eigenvalue weighted by atomic mass is 16.5. The lowest BCUT2D eigenvalue weighted by Gasteiger charge is -2.31. The Morgan fingerprint density at radius 2 is 1.81 bits per heavy atom. The molecule has 0 spiro atoms. The fraction of sp³-hybridized carbons (Fsp3) is 0.375. The molecule has 0 radical (unpaired) electrons. The summed E-state index contributed by atoms with van der Waals surface area (Å²) in [6, 6.07) is 17.2. The predicted molar refractivity (Wildman–Crippen MR) is 120 cm³/mol. The van der Waals surface area contributed by atoms with Crippen LogP contribution in [0.5, 0.6) is 0 Å². The number of rotatable bonds is 7. The van der Waals surface area contributed by atoms with E-state index >= 15 is 0 Å². The number of carbonyl (C=O) groups is 1. The number of morpholine rings is 1. The molecule has 0 unspecified atom stereocenters. The maximum atomic E-state index is 12.8. The van der Waals surface area contributed by atoms with Crippen LogP contribution in [0.25, 0.3) is 10.9 Å². The molecular weight excluding hydrogens is 392 g/mol. The number of para-hydroxylation sites is 1. The molecule has 1 aliphatic rings. The summed E-state index contributed by atoms with van der Waals surface area (Å²) in [4.78, 5) is 32.3. The molecule has 7 nitrogen and oxygen atoms in total. The molecule has 2 aromatic carbocycles. The van der Waals surface area contributed by atoms with Crippen molar-refractivity contribution in [3.05, 3.63) is 76.3 Å². The van der Waals surface area contributed by atoms with Crippen LogP contribution in [0.1, 0.15) is 23.9 Å². The highest BCUT2D eigenvalue weighted by Gasteiger charge is 2.20. The van der Waals surface area contributed by atoms with Crippen molar-refractivity contribution in [2.24, 2.45) is 7.05 Å². The van der Waals surface area contributed by atoms with Crippen molar-refractivity contribution in [2.75, 3.05) is 32.8 Å². The Labute approximate surface area is 181 Å². The summed E-state index contributed by atoms with van der Waals surface area (Å²) < 4.78 is 6.98. The fourth-order valence-electron chi connectivity index (χ4n) is 3.94. The van der Waals surface area contributed by atoms with Crippen molar-refractivity contribution in [2.45, 2.75) is 18.9 Å². The number of aryl methyl sites for hydroxylation is 1. The molecule has 7 heteroatoms. The molecule has 0 aliphatic carbocycles. The van der Waals surface area contributed by atoms with Crippen LogP contribution in [-0.4, -0.2) is 53.2 Å². The summed E-state index contributed by atoms with van der Waals surface area (Å²) >= 11 is 0. The highest BCUT2D eigenvalue weighted by molar-refractivity contribution is 5.78. The maximum Gasteiger partial charge on any atom is 0.261 e. The van der Waals surface area contributed by atoms with E-state index in [1.807, 2.05) is 48.5 Å². The zero-order valence-corrected chi connectivity index (χ0v) is 17.8. The van der Waals surface area contributed by atoms with E-state index in [0.29, 0.717) is 23.1 Å². The third-order valence-corrected chi connectivity index (χ3v) is 5.73. The Bertz CT molecular complexity index is 1090. The molecular formula is C24H28N4O3. The van der Waals surface area contributed by atoms with Gasteiger partial charge in [-0.3, -0.25) is 19.1 Å². The maximum absolute atomic E-state index is 12.8. The lowest BCUT2D eigenvalue weighted by molar-refractivity contribution is -0.122. The van der Waals surface area contributed by atoms with Crippen LogP contribution in [0.2, 0.25) is 0 Å². The number of benzene rings is 2. The average Bonchev–Trinajstić information content (AvgIpc) is 2.81. The topological polar surface area (TPSA) is 76.5 Å². The smallest absolute Gasteiger partial charge is 0.261 e. The van der Waals surface area contributed by atoms with Crippen LogP contribution in [0, 0.1) is 0 Å². The van der Waals surface area contributed by atoms with Gasteiger partial charge < -0.3 is 10.1 Å². The first-order chi connectivity index (χ1) is 15.1. The van der Waals surface area contributed by atoms with Crippen LogP contribution in [0.4, 0.5) is 0 Å². The molecule has 1 amide bonds. The molecule has 1 saturated heterocycles. The Hall–Kier alpha value is -3.03. The zero-order valence-electron chi connectivity index (χ0n) is 17.8. The lowest BCUT2D eigenvalue weighted by Crippen LogP contribution is -2.43. The van der Waals surface area contributed by atoms with E-state index in [2.05, 4.69) is 15.2 Å². The molecule has 4 rings (SSSR count). The van der Waals surface area contributed by atoms with Gasteiger partial charge in [0, 0.05) is 39.5 Å². The van der Waals surface area contributed by atoms with Gasteiger partial charge in [-0.25, -0.2) is 4.98 Å².